The van der Waals surface area contributed by atoms with Gasteiger partial charge in [0.05, 0.1) is 5.52 Å². The molecule has 1 heterocycles. The zero-order valence-electron chi connectivity index (χ0n) is 13.0. The highest BCUT2D eigenvalue weighted by atomic mass is 14.8. The van der Waals surface area contributed by atoms with Crippen LogP contribution in [0.25, 0.3) is 10.9 Å². The normalized spacial score (nSPS) is 23.1. The maximum absolute atomic E-state index is 4.44. The van der Waals surface area contributed by atoms with Crippen molar-refractivity contribution in [1.82, 2.24) is 10.3 Å². The number of rotatable bonds is 4. The van der Waals surface area contributed by atoms with E-state index in [1.165, 1.54) is 43.1 Å². The molecule has 1 N–H and O–H groups in total. The first kappa shape index (κ1) is 14.5. The second-order valence-electron chi connectivity index (χ2n) is 6.27. The lowest BCUT2D eigenvalue weighted by atomic mass is 9.82. The average Bonchev–Trinajstić information content (AvgIpc) is 2.78. The summed E-state index contributed by atoms with van der Waals surface area (Å²) in [5.41, 5.74) is 2.62. The fraction of sp³-hybridized carbons (Fsp3) is 0.526. The Morgan fingerprint density at radius 1 is 1.14 bits per heavy atom. The Morgan fingerprint density at radius 3 is 2.95 bits per heavy atom. The van der Waals surface area contributed by atoms with Gasteiger partial charge in [-0.3, -0.25) is 4.98 Å². The minimum Gasteiger partial charge on any atom is -0.317 e. The zero-order chi connectivity index (χ0) is 14.5. The first-order valence-corrected chi connectivity index (χ1v) is 8.44. The van der Waals surface area contributed by atoms with Gasteiger partial charge in [-0.25, -0.2) is 0 Å². The molecule has 21 heavy (non-hydrogen) atoms. The lowest BCUT2D eigenvalue weighted by Gasteiger charge is -2.26. The molecular weight excluding hydrogens is 256 g/mol. The van der Waals surface area contributed by atoms with Crippen molar-refractivity contribution < 1.29 is 0 Å². The molecule has 1 aliphatic carbocycles. The summed E-state index contributed by atoms with van der Waals surface area (Å²) in [6, 6.07) is 11.1. The third-order valence-electron chi connectivity index (χ3n) is 4.87. The van der Waals surface area contributed by atoms with Gasteiger partial charge in [-0.2, -0.15) is 0 Å². The predicted molar refractivity (Wildman–Crippen MR) is 89.6 cm³/mol. The summed E-state index contributed by atoms with van der Waals surface area (Å²) < 4.78 is 0. The Labute approximate surface area is 128 Å². The van der Waals surface area contributed by atoms with Crippen molar-refractivity contribution in [3.63, 3.8) is 0 Å². The summed E-state index contributed by atoms with van der Waals surface area (Å²) in [5.74, 6) is 1.48. The molecule has 2 unspecified atom stereocenters. The van der Waals surface area contributed by atoms with Gasteiger partial charge in [-0.15, -0.1) is 0 Å². The highest BCUT2D eigenvalue weighted by molar-refractivity contribution is 5.79. The second-order valence-corrected chi connectivity index (χ2v) is 6.27. The van der Waals surface area contributed by atoms with Gasteiger partial charge < -0.3 is 5.32 Å². The monoisotopic (exact) mass is 282 g/mol. The molecule has 0 amide bonds. The van der Waals surface area contributed by atoms with Gasteiger partial charge in [-0.05, 0) is 61.5 Å². The van der Waals surface area contributed by atoms with Gasteiger partial charge in [-0.1, -0.05) is 38.3 Å². The molecule has 3 rings (SSSR count). The van der Waals surface area contributed by atoms with Crippen molar-refractivity contribution in [2.24, 2.45) is 5.92 Å². The predicted octanol–water partition coefficient (Wildman–Crippen LogP) is 4.51. The maximum Gasteiger partial charge on any atom is 0.0702 e. The number of hydrogen-bond acceptors (Lipinski definition) is 2. The van der Waals surface area contributed by atoms with Crippen molar-refractivity contribution in [1.29, 1.82) is 0 Å². The Morgan fingerprint density at radius 2 is 2.05 bits per heavy atom. The highest BCUT2D eigenvalue weighted by Gasteiger charge is 2.24. The van der Waals surface area contributed by atoms with E-state index in [1.807, 2.05) is 12.3 Å². The van der Waals surface area contributed by atoms with E-state index >= 15 is 0 Å². The van der Waals surface area contributed by atoms with Crippen molar-refractivity contribution in [2.75, 3.05) is 13.1 Å². The largest absolute Gasteiger partial charge is 0.317 e. The molecule has 2 heteroatoms. The van der Waals surface area contributed by atoms with Crippen LogP contribution in [0.1, 0.15) is 50.5 Å². The molecule has 1 aliphatic rings. The molecule has 2 nitrogen and oxygen atoms in total. The average molecular weight is 282 g/mol. The smallest absolute Gasteiger partial charge is 0.0702 e. The number of fused-ring (bicyclic) bond motifs is 1. The van der Waals surface area contributed by atoms with E-state index in [2.05, 4.69) is 41.5 Å². The molecule has 0 saturated heterocycles. The number of benzene rings is 1. The maximum atomic E-state index is 4.44. The third kappa shape index (κ3) is 3.44. The van der Waals surface area contributed by atoms with Crippen molar-refractivity contribution in [3.8, 4) is 0 Å². The number of pyridine rings is 1. The Bertz CT molecular complexity index is 579. The van der Waals surface area contributed by atoms with E-state index in [9.17, 15) is 0 Å². The molecule has 2 atom stereocenters. The summed E-state index contributed by atoms with van der Waals surface area (Å²) >= 11 is 0. The van der Waals surface area contributed by atoms with Crippen LogP contribution in [0.2, 0.25) is 0 Å². The molecule has 1 aromatic carbocycles. The second kappa shape index (κ2) is 7.04. The van der Waals surface area contributed by atoms with Gasteiger partial charge >= 0.3 is 0 Å². The number of nitrogens with one attached hydrogen (secondary N) is 1. The van der Waals surface area contributed by atoms with Crippen LogP contribution in [0.15, 0.2) is 36.5 Å². The topological polar surface area (TPSA) is 24.9 Å². The van der Waals surface area contributed by atoms with E-state index in [4.69, 9.17) is 0 Å². The SMILES string of the molecule is CCNCC1CCCCCC1c1ccc2ncccc2c1. The minimum atomic E-state index is 0.705. The lowest BCUT2D eigenvalue weighted by molar-refractivity contribution is 0.379. The van der Waals surface area contributed by atoms with Crippen LogP contribution in [0.4, 0.5) is 0 Å². The van der Waals surface area contributed by atoms with Crippen LogP contribution in [0, 0.1) is 5.92 Å². The van der Waals surface area contributed by atoms with Crippen LogP contribution in [0.5, 0.6) is 0 Å². The molecule has 1 saturated carbocycles. The van der Waals surface area contributed by atoms with Gasteiger partial charge in [0.25, 0.3) is 0 Å². The van der Waals surface area contributed by atoms with Crippen LogP contribution in [-0.4, -0.2) is 18.1 Å². The van der Waals surface area contributed by atoms with Crippen LogP contribution in [0.3, 0.4) is 0 Å². The summed E-state index contributed by atoms with van der Waals surface area (Å²) in [7, 11) is 0. The third-order valence-corrected chi connectivity index (χ3v) is 4.87. The van der Waals surface area contributed by atoms with E-state index in [-0.39, 0.29) is 0 Å². The molecular formula is C19H26N2. The fourth-order valence-electron chi connectivity index (χ4n) is 3.72. The number of aromatic nitrogens is 1. The molecule has 1 aromatic heterocycles. The van der Waals surface area contributed by atoms with Crippen LogP contribution >= 0.6 is 0 Å². The lowest BCUT2D eigenvalue weighted by Crippen LogP contribution is -2.26. The Balaban J connectivity index is 1.88. The Kier molecular flexibility index (Phi) is 4.87. The summed E-state index contributed by atoms with van der Waals surface area (Å²) in [6.45, 7) is 4.44. The highest BCUT2D eigenvalue weighted by Crippen LogP contribution is 2.37. The van der Waals surface area contributed by atoms with Crippen molar-refractivity contribution in [2.45, 2.75) is 44.9 Å². The van der Waals surface area contributed by atoms with Crippen LogP contribution in [-0.2, 0) is 0 Å². The molecule has 0 bridgehead atoms. The fourth-order valence-corrected chi connectivity index (χ4v) is 3.72. The van der Waals surface area contributed by atoms with E-state index in [0.29, 0.717) is 5.92 Å². The van der Waals surface area contributed by atoms with Gasteiger partial charge in [0.2, 0.25) is 0 Å². The molecule has 1 fully saturated rings. The van der Waals surface area contributed by atoms with E-state index in [1.54, 1.807) is 0 Å². The minimum absolute atomic E-state index is 0.705. The molecule has 112 valence electrons. The zero-order valence-corrected chi connectivity index (χ0v) is 13.0. The number of nitrogens with zero attached hydrogens (tertiary/aromatic N) is 1. The number of hydrogen-bond donors (Lipinski definition) is 1. The van der Waals surface area contributed by atoms with Crippen molar-refractivity contribution in [3.05, 3.63) is 42.1 Å². The molecule has 0 spiro atoms. The molecule has 0 radical (unpaired) electrons. The summed E-state index contributed by atoms with van der Waals surface area (Å²) in [6.07, 6.45) is 8.74. The summed E-state index contributed by atoms with van der Waals surface area (Å²) in [4.78, 5) is 4.44. The van der Waals surface area contributed by atoms with E-state index < -0.39 is 0 Å². The van der Waals surface area contributed by atoms with Gasteiger partial charge in [0.1, 0.15) is 0 Å². The first-order chi connectivity index (χ1) is 10.4. The van der Waals surface area contributed by atoms with Crippen molar-refractivity contribution >= 4 is 10.9 Å². The Hall–Kier alpha value is -1.41. The standard InChI is InChI=1S/C19H26N2/c1-2-20-14-17-7-4-3-5-9-18(17)15-10-11-19-16(13-15)8-6-12-21-19/h6,8,10-13,17-18,20H,2-5,7,9,14H2,1H3. The summed E-state index contributed by atoms with van der Waals surface area (Å²) in [5, 5.41) is 4.85. The van der Waals surface area contributed by atoms with E-state index in [0.717, 1.165) is 24.5 Å². The molecule has 2 aromatic rings. The van der Waals surface area contributed by atoms with Gasteiger partial charge in [0.15, 0.2) is 0 Å². The molecule has 0 aliphatic heterocycles. The van der Waals surface area contributed by atoms with Gasteiger partial charge in [0, 0.05) is 11.6 Å². The van der Waals surface area contributed by atoms with Crippen LogP contribution < -0.4 is 5.32 Å². The quantitative estimate of drug-likeness (QED) is 0.835. The first-order valence-electron chi connectivity index (χ1n) is 8.44.